The molecule has 5 heteroatoms. The first kappa shape index (κ1) is 13.3. The molecule has 2 aromatic carbocycles. The van der Waals surface area contributed by atoms with Crippen molar-refractivity contribution in [3.05, 3.63) is 58.6 Å². The van der Waals surface area contributed by atoms with Gasteiger partial charge in [-0.15, -0.1) is 0 Å². The molecule has 0 N–H and O–H groups in total. The molecule has 0 radical (unpaired) electrons. The summed E-state index contributed by atoms with van der Waals surface area (Å²) in [6, 6.07) is 8.80. The molecule has 0 aliphatic heterocycles. The van der Waals surface area contributed by atoms with Gasteiger partial charge in [-0.05, 0) is 24.3 Å². The molecule has 18 heavy (non-hydrogen) atoms. The average molecular weight is 334 g/mol. The van der Waals surface area contributed by atoms with Gasteiger partial charge in [0, 0.05) is 15.9 Å². The van der Waals surface area contributed by atoms with Gasteiger partial charge in [0.05, 0.1) is 0 Å². The van der Waals surface area contributed by atoms with E-state index in [1.807, 2.05) is 0 Å². The van der Waals surface area contributed by atoms with Gasteiger partial charge >= 0.3 is 0 Å². The van der Waals surface area contributed by atoms with Crippen LogP contribution in [-0.2, 0) is 5.33 Å². The molecule has 0 aliphatic rings. The van der Waals surface area contributed by atoms with E-state index in [4.69, 9.17) is 16.3 Å². The highest BCUT2D eigenvalue weighted by atomic mass is 79.9. The molecule has 0 aromatic heterocycles. The van der Waals surface area contributed by atoms with Crippen molar-refractivity contribution in [2.24, 2.45) is 0 Å². The number of halogens is 4. The van der Waals surface area contributed by atoms with Gasteiger partial charge in [-0.1, -0.05) is 39.7 Å². The summed E-state index contributed by atoms with van der Waals surface area (Å²) in [7, 11) is 0. The Morgan fingerprint density at radius 3 is 2.44 bits per heavy atom. The normalized spacial score (nSPS) is 10.4. The van der Waals surface area contributed by atoms with Crippen LogP contribution in [0.15, 0.2) is 36.4 Å². The van der Waals surface area contributed by atoms with Crippen molar-refractivity contribution in [3.8, 4) is 11.5 Å². The van der Waals surface area contributed by atoms with Crippen LogP contribution in [0.2, 0.25) is 5.02 Å². The van der Waals surface area contributed by atoms with E-state index in [2.05, 4.69) is 15.9 Å². The molecule has 0 fully saturated rings. The minimum Gasteiger partial charge on any atom is -0.454 e. The van der Waals surface area contributed by atoms with Crippen LogP contribution in [0.4, 0.5) is 8.78 Å². The van der Waals surface area contributed by atoms with E-state index in [0.29, 0.717) is 21.7 Å². The van der Waals surface area contributed by atoms with Crippen LogP contribution in [0.1, 0.15) is 5.56 Å². The SMILES string of the molecule is Fc1cccc(Oc2cccc(Cl)c2CBr)c1F. The molecule has 0 bridgehead atoms. The summed E-state index contributed by atoms with van der Waals surface area (Å²) < 4.78 is 31.9. The van der Waals surface area contributed by atoms with Crippen LogP contribution in [0.5, 0.6) is 11.5 Å². The molecule has 0 saturated heterocycles. The lowest BCUT2D eigenvalue weighted by Gasteiger charge is -2.11. The van der Waals surface area contributed by atoms with Crippen molar-refractivity contribution in [1.29, 1.82) is 0 Å². The third kappa shape index (κ3) is 2.65. The van der Waals surface area contributed by atoms with Crippen molar-refractivity contribution in [3.63, 3.8) is 0 Å². The van der Waals surface area contributed by atoms with Crippen molar-refractivity contribution < 1.29 is 13.5 Å². The number of benzene rings is 2. The van der Waals surface area contributed by atoms with Crippen LogP contribution < -0.4 is 4.74 Å². The van der Waals surface area contributed by atoms with Gasteiger partial charge in [-0.3, -0.25) is 0 Å². The Labute approximate surface area is 116 Å². The Hall–Kier alpha value is -1.13. The molecule has 94 valence electrons. The summed E-state index contributed by atoms with van der Waals surface area (Å²) >= 11 is 9.26. The lowest BCUT2D eigenvalue weighted by Crippen LogP contribution is -1.94. The fourth-order valence-corrected chi connectivity index (χ4v) is 2.42. The third-order valence-corrected chi connectivity index (χ3v) is 3.26. The van der Waals surface area contributed by atoms with Crippen molar-refractivity contribution in [1.82, 2.24) is 0 Å². The van der Waals surface area contributed by atoms with E-state index < -0.39 is 11.6 Å². The summed E-state index contributed by atoms with van der Waals surface area (Å²) in [5, 5.41) is 0.958. The quantitative estimate of drug-likeness (QED) is 0.692. The minimum atomic E-state index is -1.02. The molecule has 0 saturated carbocycles. The molecular formula is C13H8BrClF2O. The molecule has 0 atom stereocenters. The van der Waals surface area contributed by atoms with Crippen LogP contribution in [0.25, 0.3) is 0 Å². The molecule has 0 aliphatic carbocycles. The summed E-state index contributed by atoms with van der Waals surface area (Å²) in [4.78, 5) is 0. The van der Waals surface area contributed by atoms with Gasteiger partial charge in [0.25, 0.3) is 0 Å². The molecule has 2 aromatic rings. The summed E-state index contributed by atoms with van der Waals surface area (Å²) in [6.45, 7) is 0. The van der Waals surface area contributed by atoms with Gasteiger partial charge in [-0.2, -0.15) is 4.39 Å². The predicted octanol–water partition coefficient (Wildman–Crippen LogP) is 5.31. The number of hydrogen-bond donors (Lipinski definition) is 0. The van der Waals surface area contributed by atoms with E-state index in [1.54, 1.807) is 18.2 Å². The molecular weight excluding hydrogens is 325 g/mol. The number of hydrogen-bond acceptors (Lipinski definition) is 1. The maximum absolute atomic E-state index is 13.5. The predicted molar refractivity (Wildman–Crippen MR) is 70.5 cm³/mol. The highest BCUT2D eigenvalue weighted by molar-refractivity contribution is 9.08. The zero-order valence-corrected chi connectivity index (χ0v) is 11.4. The smallest absolute Gasteiger partial charge is 0.201 e. The topological polar surface area (TPSA) is 9.23 Å². The first-order valence-electron chi connectivity index (χ1n) is 5.08. The van der Waals surface area contributed by atoms with Crippen LogP contribution >= 0.6 is 27.5 Å². The van der Waals surface area contributed by atoms with E-state index in [-0.39, 0.29) is 5.75 Å². The molecule has 0 heterocycles. The van der Waals surface area contributed by atoms with Crippen LogP contribution in [0, 0.1) is 11.6 Å². The van der Waals surface area contributed by atoms with E-state index in [1.165, 1.54) is 12.1 Å². The zero-order chi connectivity index (χ0) is 13.1. The lowest BCUT2D eigenvalue weighted by molar-refractivity contribution is 0.414. The van der Waals surface area contributed by atoms with Crippen LogP contribution in [-0.4, -0.2) is 0 Å². The fourth-order valence-electron chi connectivity index (χ4n) is 1.45. The van der Waals surface area contributed by atoms with Gasteiger partial charge < -0.3 is 4.74 Å². The van der Waals surface area contributed by atoms with E-state index >= 15 is 0 Å². The Bertz CT molecular complexity index is 575. The molecule has 1 nitrogen and oxygen atoms in total. The molecule has 0 amide bonds. The second kappa shape index (κ2) is 5.67. The zero-order valence-electron chi connectivity index (χ0n) is 9.09. The number of alkyl halides is 1. The van der Waals surface area contributed by atoms with Crippen molar-refractivity contribution in [2.75, 3.05) is 0 Å². The Balaban J connectivity index is 2.40. The first-order valence-corrected chi connectivity index (χ1v) is 6.58. The Morgan fingerprint density at radius 2 is 1.72 bits per heavy atom. The van der Waals surface area contributed by atoms with Crippen LogP contribution in [0.3, 0.4) is 0 Å². The molecule has 0 spiro atoms. The average Bonchev–Trinajstić information content (AvgIpc) is 2.35. The third-order valence-electron chi connectivity index (χ3n) is 2.35. The fraction of sp³-hybridized carbons (Fsp3) is 0.0769. The minimum absolute atomic E-state index is 0.167. The second-order valence-electron chi connectivity index (χ2n) is 3.50. The van der Waals surface area contributed by atoms with Gasteiger partial charge in [0.2, 0.25) is 5.82 Å². The van der Waals surface area contributed by atoms with Gasteiger partial charge in [-0.25, -0.2) is 4.39 Å². The standard InChI is InChI=1S/C13H8BrClF2O/c14-7-8-9(15)3-1-5-11(8)18-12-6-2-4-10(16)13(12)17/h1-6H,7H2. The number of ether oxygens (including phenoxy) is 1. The Kier molecular flexibility index (Phi) is 4.19. The highest BCUT2D eigenvalue weighted by Gasteiger charge is 2.13. The largest absolute Gasteiger partial charge is 0.454 e. The second-order valence-corrected chi connectivity index (χ2v) is 4.47. The lowest BCUT2D eigenvalue weighted by atomic mass is 10.2. The summed E-state index contributed by atoms with van der Waals surface area (Å²) in [5.41, 5.74) is 0.683. The van der Waals surface area contributed by atoms with Crippen molar-refractivity contribution in [2.45, 2.75) is 5.33 Å². The molecule has 0 unspecified atom stereocenters. The first-order chi connectivity index (χ1) is 8.63. The summed E-state index contributed by atoms with van der Waals surface area (Å²) in [6.07, 6.45) is 0. The van der Waals surface area contributed by atoms with Crippen molar-refractivity contribution >= 4 is 27.5 Å². The van der Waals surface area contributed by atoms with E-state index in [9.17, 15) is 8.78 Å². The summed E-state index contributed by atoms with van der Waals surface area (Å²) in [5.74, 6) is -1.74. The van der Waals surface area contributed by atoms with Gasteiger partial charge in [0.1, 0.15) is 5.75 Å². The molecule has 2 rings (SSSR count). The maximum Gasteiger partial charge on any atom is 0.201 e. The van der Waals surface area contributed by atoms with E-state index in [0.717, 1.165) is 6.07 Å². The maximum atomic E-state index is 13.5. The number of rotatable bonds is 3. The Morgan fingerprint density at radius 1 is 1.06 bits per heavy atom. The highest BCUT2D eigenvalue weighted by Crippen LogP contribution is 2.33. The monoisotopic (exact) mass is 332 g/mol. The van der Waals surface area contributed by atoms with Gasteiger partial charge in [0.15, 0.2) is 11.6 Å².